The first-order chi connectivity index (χ1) is 18.1. The zero-order valence-electron chi connectivity index (χ0n) is 20.9. The van der Waals surface area contributed by atoms with Gasteiger partial charge in [0.05, 0.1) is 9.79 Å². The van der Waals surface area contributed by atoms with E-state index in [0.29, 0.717) is 30.2 Å². The van der Waals surface area contributed by atoms with Crippen LogP contribution in [0.2, 0.25) is 0 Å². The molecule has 0 N–H and O–H groups in total. The predicted octanol–water partition coefficient (Wildman–Crippen LogP) is 4.37. The molecule has 0 amide bonds. The molecule has 0 bridgehead atoms. The lowest BCUT2D eigenvalue weighted by atomic mass is 10.0. The first-order valence-corrected chi connectivity index (χ1v) is 15.2. The molecule has 2 heterocycles. The molecule has 0 aromatic heterocycles. The van der Waals surface area contributed by atoms with Crippen LogP contribution in [0.4, 0.5) is 4.39 Å². The van der Waals surface area contributed by atoms with Crippen molar-refractivity contribution in [3.8, 4) is 11.5 Å². The van der Waals surface area contributed by atoms with Gasteiger partial charge < -0.3 is 9.47 Å². The van der Waals surface area contributed by atoms with Gasteiger partial charge in [0.25, 0.3) is 0 Å². The Hall–Kier alpha value is -2.99. The van der Waals surface area contributed by atoms with E-state index >= 15 is 0 Å². The van der Waals surface area contributed by atoms with E-state index < -0.39 is 25.9 Å². The summed E-state index contributed by atoms with van der Waals surface area (Å²) in [6.07, 6.45) is 1.77. The van der Waals surface area contributed by atoms with Crippen LogP contribution in [-0.2, 0) is 33.1 Å². The van der Waals surface area contributed by atoms with Crippen molar-refractivity contribution in [1.82, 2.24) is 8.61 Å². The molecule has 11 heteroatoms. The topological polar surface area (TPSA) is 93.2 Å². The van der Waals surface area contributed by atoms with Gasteiger partial charge in [-0.25, -0.2) is 21.2 Å². The summed E-state index contributed by atoms with van der Waals surface area (Å²) < 4.78 is 81.7. The molecule has 3 aromatic rings. The number of piperidine rings is 1. The Morgan fingerprint density at radius 2 is 1.63 bits per heavy atom. The fourth-order valence-corrected chi connectivity index (χ4v) is 7.74. The summed E-state index contributed by atoms with van der Waals surface area (Å²) in [5, 5.41) is 0. The van der Waals surface area contributed by atoms with Crippen LogP contribution in [0.3, 0.4) is 0 Å². The highest BCUT2D eigenvalue weighted by atomic mass is 32.2. The summed E-state index contributed by atoms with van der Waals surface area (Å²) >= 11 is 0. The highest BCUT2D eigenvalue weighted by Gasteiger charge is 2.31. The minimum absolute atomic E-state index is 0.0435. The lowest BCUT2D eigenvalue weighted by molar-refractivity contribution is 0.174. The van der Waals surface area contributed by atoms with Crippen LogP contribution < -0.4 is 9.47 Å². The van der Waals surface area contributed by atoms with E-state index in [1.807, 2.05) is 6.92 Å². The zero-order valence-corrected chi connectivity index (χ0v) is 22.5. The van der Waals surface area contributed by atoms with Gasteiger partial charge in [-0.3, -0.25) is 0 Å². The Balaban J connectivity index is 1.45. The highest BCUT2D eigenvalue weighted by molar-refractivity contribution is 7.89. The second-order valence-electron chi connectivity index (χ2n) is 9.63. The van der Waals surface area contributed by atoms with Crippen LogP contribution in [-0.4, -0.2) is 45.3 Å². The lowest BCUT2D eigenvalue weighted by Crippen LogP contribution is -2.39. The number of hydrogen-bond donors (Lipinski definition) is 0. The minimum Gasteiger partial charge on any atom is -0.454 e. The number of sulfonamides is 2. The Labute approximate surface area is 222 Å². The van der Waals surface area contributed by atoms with E-state index in [1.54, 1.807) is 24.3 Å². The summed E-state index contributed by atoms with van der Waals surface area (Å²) in [5.41, 5.74) is 0.850. The minimum atomic E-state index is -4.14. The molecule has 0 aliphatic carbocycles. The summed E-state index contributed by atoms with van der Waals surface area (Å²) in [7, 11) is -7.87. The average Bonchev–Trinajstić information content (AvgIpc) is 3.37. The number of rotatable bonds is 8. The van der Waals surface area contributed by atoms with Gasteiger partial charge in [-0.1, -0.05) is 31.2 Å². The molecule has 1 fully saturated rings. The van der Waals surface area contributed by atoms with E-state index in [0.717, 1.165) is 12.8 Å². The van der Waals surface area contributed by atoms with Gasteiger partial charge in [-0.05, 0) is 66.8 Å². The van der Waals surface area contributed by atoms with Crippen LogP contribution in [0.25, 0.3) is 0 Å². The van der Waals surface area contributed by atoms with E-state index in [4.69, 9.17) is 9.47 Å². The molecule has 202 valence electrons. The van der Waals surface area contributed by atoms with Crippen molar-refractivity contribution in [1.29, 1.82) is 0 Å². The third kappa shape index (κ3) is 5.42. The lowest BCUT2D eigenvalue weighted by Gasteiger charge is -2.30. The van der Waals surface area contributed by atoms with Crippen LogP contribution in [0.1, 0.15) is 30.9 Å². The fourth-order valence-electron chi connectivity index (χ4n) is 4.73. The van der Waals surface area contributed by atoms with Crippen molar-refractivity contribution >= 4 is 20.0 Å². The maximum Gasteiger partial charge on any atom is 0.243 e. The Bertz CT molecular complexity index is 1530. The average molecular weight is 561 g/mol. The molecule has 38 heavy (non-hydrogen) atoms. The van der Waals surface area contributed by atoms with Gasteiger partial charge in [0.2, 0.25) is 26.8 Å². The van der Waals surface area contributed by atoms with Gasteiger partial charge in [0.15, 0.2) is 11.5 Å². The van der Waals surface area contributed by atoms with Gasteiger partial charge >= 0.3 is 0 Å². The van der Waals surface area contributed by atoms with E-state index in [-0.39, 0.29) is 41.2 Å². The molecular weight excluding hydrogens is 531 g/mol. The van der Waals surface area contributed by atoms with Crippen LogP contribution in [0.15, 0.2) is 76.5 Å². The highest BCUT2D eigenvalue weighted by Crippen LogP contribution is 2.34. The fraction of sp³-hybridized carbons (Fsp3) is 0.333. The van der Waals surface area contributed by atoms with Gasteiger partial charge in [-0.15, -0.1) is 0 Å². The van der Waals surface area contributed by atoms with Gasteiger partial charge in [0, 0.05) is 31.7 Å². The number of nitrogens with zero attached hydrogens (tertiary/aromatic N) is 2. The standard InChI is InChI=1S/C27H29FN2O6S2/c1-20-5-4-14-29(16-20)37(31,32)23-9-11-24(12-10-23)38(33,34)30(18-22-6-2-3-7-25(22)28)17-21-8-13-26-27(15-21)36-19-35-26/h2-3,6-13,15,20H,4-5,14,16-19H2,1H3. The summed E-state index contributed by atoms with van der Waals surface area (Å²) in [6, 6.07) is 16.4. The van der Waals surface area contributed by atoms with Crippen molar-refractivity contribution in [2.75, 3.05) is 19.9 Å². The molecule has 0 spiro atoms. The smallest absolute Gasteiger partial charge is 0.243 e. The van der Waals surface area contributed by atoms with Crippen LogP contribution >= 0.6 is 0 Å². The van der Waals surface area contributed by atoms with Gasteiger partial charge in [0.1, 0.15) is 5.82 Å². The third-order valence-corrected chi connectivity index (χ3v) is 10.5. The number of fused-ring (bicyclic) bond motifs is 1. The van der Waals surface area contributed by atoms with E-state index in [2.05, 4.69) is 0 Å². The maximum atomic E-state index is 14.5. The molecule has 5 rings (SSSR count). The molecule has 0 radical (unpaired) electrons. The SMILES string of the molecule is CC1CCCN(S(=O)(=O)c2ccc(S(=O)(=O)N(Cc3ccc4c(c3)OCO4)Cc3ccccc3F)cc2)C1. The molecule has 0 saturated carbocycles. The van der Waals surface area contributed by atoms with Crippen molar-refractivity contribution in [3.05, 3.63) is 83.7 Å². The Morgan fingerprint density at radius 3 is 2.37 bits per heavy atom. The maximum absolute atomic E-state index is 14.5. The number of halogens is 1. The molecule has 8 nitrogen and oxygen atoms in total. The molecule has 1 unspecified atom stereocenters. The third-order valence-electron chi connectivity index (χ3n) is 6.82. The molecular formula is C27H29FN2O6S2. The van der Waals surface area contributed by atoms with Crippen molar-refractivity contribution in [3.63, 3.8) is 0 Å². The number of hydrogen-bond acceptors (Lipinski definition) is 6. The number of benzene rings is 3. The zero-order chi connectivity index (χ0) is 26.9. The first-order valence-electron chi connectivity index (χ1n) is 12.4. The normalized spacial score (nSPS) is 18.1. The molecule has 3 aromatic carbocycles. The first kappa shape index (κ1) is 26.6. The Kier molecular flexibility index (Phi) is 7.45. The van der Waals surface area contributed by atoms with Crippen LogP contribution in [0.5, 0.6) is 11.5 Å². The van der Waals surface area contributed by atoms with Gasteiger partial charge in [-0.2, -0.15) is 8.61 Å². The quantitative estimate of drug-likeness (QED) is 0.406. The molecule has 2 aliphatic heterocycles. The molecule has 2 aliphatic rings. The summed E-state index contributed by atoms with van der Waals surface area (Å²) in [4.78, 5) is -0.0393. The van der Waals surface area contributed by atoms with Crippen LogP contribution in [0, 0.1) is 11.7 Å². The second-order valence-corrected chi connectivity index (χ2v) is 13.5. The van der Waals surface area contributed by atoms with Crippen molar-refractivity contribution in [2.24, 2.45) is 5.92 Å². The summed E-state index contributed by atoms with van der Waals surface area (Å²) in [6.45, 7) is 2.71. The number of ether oxygens (including phenoxy) is 2. The van der Waals surface area contributed by atoms with Crippen molar-refractivity contribution < 1.29 is 30.7 Å². The molecule has 1 atom stereocenters. The van der Waals surface area contributed by atoms with E-state index in [1.165, 1.54) is 51.1 Å². The predicted molar refractivity (Wildman–Crippen MR) is 139 cm³/mol. The molecule has 1 saturated heterocycles. The van der Waals surface area contributed by atoms with Crippen molar-refractivity contribution in [2.45, 2.75) is 42.6 Å². The second kappa shape index (κ2) is 10.6. The monoisotopic (exact) mass is 560 g/mol. The Morgan fingerprint density at radius 1 is 0.921 bits per heavy atom. The summed E-state index contributed by atoms with van der Waals surface area (Å²) in [5.74, 6) is 0.821. The van der Waals surface area contributed by atoms with E-state index in [9.17, 15) is 21.2 Å². The largest absolute Gasteiger partial charge is 0.454 e.